The number of hydrogen-bond acceptors (Lipinski definition) is 4. The second-order valence-electron chi connectivity index (χ2n) is 3.96. The number of para-hydroxylation sites is 1. The van der Waals surface area contributed by atoms with Gasteiger partial charge in [0.15, 0.2) is 0 Å². The molecular formula is C13H13N3O3S. The van der Waals surface area contributed by atoms with Crippen LogP contribution in [0, 0.1) is 11.8 Å². The second kappa shape index (κ2) is 5.77. The fourth-order valence-electron chi connectivity index (χ4n) is 1.56. The highest BCUT2D eigenvalue weighted by atomic mass is 32.2. The summed E-state index contributed by atoms with van der Waals surface area (Å²) < 4.78 is 28.2. The number of aliphatic hydroxyl groups is 1. The Morgan fingerprint density at radius 2 is 2.15 bits per heavy atom. The summed E-state index contributed by atoms with van der Waals surface area (Å²) in [6.45, 7) is -0.288. The number of sulfonamides is 1. The summed E-state index contributed by atoms with van der Waals surface area (Å²) in [5.74, 6) is 5.18. The molecule has 0 saturated carbocycles. The Kier molecular flexibility index (Phi) is 4.08. The number of benzene rings is 1. The van der Waals surface area contributed by atoms with Crippen molar-refractivity contribution in [1.82, 2.24) is 9.78 Å². The molecule has 6 nitrogen and oxygen atoms in total. The van der Waals surface area contributed by atoms with Crippen LogP contribution in [0.1, 0.15) is 5.56 Å². The van der Waals surface area contributed by atoms with Crippen molar-refractivity contribution in [2.45, 2.75) is 4.90 Å². The fraction of sp³-hybridized carbons (Fsp3) is 0.154. The highest BCUT2D eigenvalue weighted by Crippen LogP contribution is 2.18. The lowest BCUT2D eigenvalue weighted by molar-refractivity contribution is 0.350. The van der Waals surface area contributed by atoms with Gasteiger partial charge < -0.3 is 5.11 Å². The third kappa shape index (κ3) is 3.17. The van der Waals surface area contributed by atoms with E-state index < -0.39 is 10.0 Å². The van der Waals surface area contributed by atoms with E-state index in [1.165, 1.54) is 17.1 Å². The Morgan fingerprint density at radius 3 is 2.80 bits per heavy atom. The largest absolute Gasteiger partial charge is 0.384 e. The lowest BCUT2D eigenvalue weighted by Gasteiger charge is -2.08. The maximum atomic E-state index is 12.2. The quantitative estimate of drug-likeness (QED) is 0.810. The molecule has 0 atom stereocenters. The summed E-state index contributed by atoms with van der Waals surface area (Å²) in [6.07, 6.45) is 2.68. The molecule has 1 aromatic carbocycles. The molecule has 0 saturated heterocycles. The van der Waals surface area contributed by atoms with Gasteiger partial charge in [0.1, 0.15) is 11.5 Å². The summed E-state index contributed by atoms with van der Waals surface area (Å²) >= 11 is 0. The first-order valence-electron chi connectivity index (χ1n) is 5.73. The minimum atomic E-state index is -3.70. The van der Waals surface area contributed by atoms with Crippen molar-refractivity contribution in [3.05, 3.63) is 42.2 Å². The SMILES string of the molecule is Cn1cc(S(=O)(=O)Nc2ccccc2C#CCO)cn1. The molecule has 0 aliphatic carbocycles. The van der Waals surface area contributed by atoms with Gasteiger partial charge in [-0.1, -0.05) is 24.0 Å². The van der Waals surface area contributed by atoms with Crippen molar-refractivity contribution in [3.8, 4) is 11.8 Å². The molecule has 2 rings (SSSR count). The van der Waals surface area contributed by atoms with Crippen molar-refractivity contribution < 1.29 is 13.5 Å². The minimum Gasteiger partial charge on any atom is -0.384 e. The van der Waals surface area contributed by atoms with Crippen LogP contribution in [0.4, 0.5) is 5.69 Å². The smallest absolute Gasteiger partial charge is 0.265 e. The normalized spacial score (nSPS) is 10.7. The van der Waals surface area contributed by atoms with Gasteiger partial charge in [-0.25, -0.2) is 8.42 Å². The first kappa shape index (κ1) is 14.1. The Labute approximate surface area is 117 Å². The molecule has 2 N–H and O–H groups in total. The van der Waals surface area contributed by atoms with Gasteiger partial charge in [-0.15, -0.1) is 0 Å². The van der Waals surface area contributed by atoms with Crippen LogP contribution in [0.25, 0.3) is 0 Å². The number of aromatic nitrogens is 2. The predicted octanol–water partition coefficient (Wildman–Crippen LogP) is 0.565. The predicted molar refractivity (Wildman–Crippen MR) is 74.4 cm³/mol. The van der Waals surface area contributed by atoms with Gasteiger partial charge in [-0.2, -0.15) is 5.10 Å². The standard InChI is InChI=1S/C13H13N3O3S/c1-16-10-12(9-14-16)20(18,19)15-13-7-3-2-5-11(13)6-4-8-17/h2-3,5,7,9-10,15,17H,8H2,1H3. The maximum absolute atomic E-state index is 12.2. The number of aliphatic hydroxyl groups excluding tert-OH is 1. The molecule has 0 unspecified atom stereocenters. The lowest BCUT2D eigenvalue weighted by Crippen LogP contribution is -2.13. The number of hydrogen-bond donors (Lipinski definition) is 2. The van der Waals surface area contributed by atoms with Crippen LogP contribution in [-0.2, 0) is 17.1 Å². The van der Waals surface area contributed by atoms with Crippen LogP contribution in [0.15, 0.2) is 41.6 Å². The first-order chi connectivity index (χ1) is 9.53. The van der Waals surface area contributed by atoms with E-state index in [0.29, 0.717) is 11.3 Å². The summed E-state index contributed by atoms with van der Waals surface area (Å²) in [5.41, 5.74) is 0.853. The van der Waals surface area contributed by atoms with Crippen molar-refractivity contribution in [1.29, 1.82) is 0 Å². The van der Waals surface area contributed by atoms with Crippen LogP contribution in [0.3, 0.4) is 0 Å². The summed E-state index contributed by atoms with van der Waals surface area (Å²) in [7, 11) is -2.07. The van der Waals surface area contributed by atoms with Gasteiger partial charge in [0.05, 0.1) is 11.9 Å². The molecule has 0 spiro atoms. The topological polar surface area (TPSA) is 84.2 Å². The highest BCUT2D eigenvalue weighted by Gasteiger charge is 2.17. The van der Waals surface area contributed by atoms with E-state index in [0.717, 1.165) is 0 Å². The van der Waals surface area contributed by atoms with Crippen molar-refractivity contribution in [2.24, 2.45) is 7.05 Å². The van der Waals surface area contributed by atoms with Crippen molar-refractivity contribution >= 4 is 15.7 Å². The molecule has 7 heteroatoms. The van der Waals surface area contributed by atoms with Crippen molar-refractivity contribution in [2.75, 3.05) is 11.3 Å². The Hall–Kier alpha value is -2.30. The van der Waals surface area contributed by atoms with Crippen LogP contribution in [-0.4, -0.2) is 29.9 Å². The summed E-state index contributed by atoms with van der Waals surface area (Å²) in [5, 5.41) is 12.5. The number of nitrogens with zero attached hydrogens (tertiary/aromatic N) is 2. The third-order valence-electron chi connectivity index (χ3n) is 2.46. The van der Waals surface area contributed by atoms with Gasteiger partial charge in [0.2, 0.25) is 0 Å². The molecule has 0 aliphatic rings. The van der Waals surface area contributed by atoms with Crippen LogP contribution < -0.4 is 4.72 Å². The first-order valence-corrected chi connectivity index (χ1v) is 7.21. The van der Waals surface area contributed by atoms with E-state index in [-0.39, 0.29) is 11.5 Å². The zero-order valence-electron chi connectivity index (χ0n) is 10.7. The molecule has 0 aliphatic heterocycles. The van der Waals surface area contributed by atoms with E-state index in [4.69, 9.17) is 5.11 Å². The molecule has 0 bridgehead atoms. The molecule has 2 aromatic rings. The van der Waals surface area contributed by atoms with Crippen LogP contribution in [0.5, 0.6) is 0 Å². The highest BCUT2D eigenvalue weighted by molar-refractivity contribution is 7.92. The van der Waals surface area contributed by atoms with Gasteiger partial charge >= 0.3 is 0 Å². The van der Waals surface area contributed by atoms with E-state index in [1.54, 1.807) is 31.3 Å². The zero-order valence-corrected chi connectivity index (χ0v) is 11.6. The average Bonchev–Trinajstić information content (AvgIpc) is 2.85. The Bertz CT molecular complexity index is 769. The molecule has 0 fully saturated rings. The van der Waals surface area contributed by atoms with E-state index in [2.05, 4.69) is 21.7 Å². The number of aryl methyl sites for hydroxylation is 1. The molecular weight excluding hydrogens is 278 g/mol. The third-order valence-corrected chi connectivity index (χ3v) is 3.79. The van der Waals surface area contributed by atoms with Gasteiger partial charge in [0.25, 0.3) is 10.0 Å². The number of anilines is 1. The Morgan fingerprint density at radius 1 is 1.40 bits per heavy atom. The summed E-state index contributed by atoms with van der Waals surface area (Å²) in [6, 6.07) is 6.72. The molecule has 0 amide bonds. The fourth-order valence-corrected chi connectivity index (χ4v) is 2.62. The number of nitrogens with one attached hydrogen (secondary N) is 1. The molecule has 1 aromatic heterocycles. The molecule has 104 valence electrons. The summed E-state index contributed by atoms with van der Waals surface area (Å²) in [4.78, 5) is 0.0740. The van der Waals surface area contributed by atoms with E-state index in [9.17, 15) is 8.42 Å². The van der Waals surface area contributed by atoms with Gasteiger partial charge in [-0.3, -0.25) is 9.40 Å². The van der Waals surface area contributed by atoms with Gasteiger partial charge in [0, 0.05) is 18.8 Å². The average molecular weight is 291 g/mol. The maximum Gasteiger partial charge on any atom is 0.265 e. The molecule has 20 heavy (non-hydrogen) atoms. The Balaban J connectivity index is 2.35. The van der Waals surface area contributed by atoms with Crippen LogP contribution in [0.2, 0.25) is 0 Å². The lowest BCUT2D eigenvalue weighted by atomic mass is 10.2. The zero-order chi connectivity index (χ0) is 14.6. The van der Waals surface area contributed by atoms with Gasteiger partial charge in [-0.05, 0) is 12.1 Å². The molecule has 1 heterocycles. The van der Waals surface area contributed by atoms with E-state index in [1.807, 2.05) is 0 Å². The second-order valence-corrected chi connectivity index (χ2v) is 5.64. The van der Waals surface area contributed by atoms with E-state index >= 15 is 0 Å². The number of rotatable bonds is 3. The molecule has 0 radical (unpaired) electrons. The van der Waals surface area contributed by atoms with Crippen LogP contribution >= 0.6 is 0 Å². The van der Waals surface area contributed by atoms with Crippen molar-refractivity contribution in [3.63, 3.8) is 0 Å². The monoisotopic (exact) mass is 291 g/mol. The minimum absolute atomic E-state index is 0.0740.